The molecule has 4 rings (SSSR count). The maximum atomic E-state index is 12.0. The molecule has 0 spiro atoms. The van der Waals surface area contributed by atoms with Crippen LogP contribution < -0.4 is 24.8 Å². The predicted molar refractivity (Wildman–Crippen MR) is 144 cm³/mol. The average Bonchev–Trinajstić information content (AvgIpc) is 3.42. The Balaban J connectivity index is 1.48. The Morgan fingerprint density at radius 2 is 1.97 bits per heavy atom. The summed E-state index contributed by atoms with van der Waals surface area (Å²) >= 11 is 6.42. The van der Waals surface area contributed by atoms with E-state index < -0.39 is 0 Å². The van der Waals surface area contributed by atoms with Gasteiger partial charge in [-0.1, -0.05) is 18.5 Å². The normalized spacial score (nSPS) is 10.8. The molecule has 0 aliphatic rings. The van der Waals surface area contributed by atoms with E-state index in [4.69, 9.17) is 25.8 Å². The van der Waals surface area contributed by atoms with Crippen LogP contribution in [0.25, 0.3) is 10.9 Å². The molecule has 2 aromatic heterocycles. The number of nitrogens with one attached hydrogen (secondary N) is 2. The highest BCUT2D eigenvalue weighted by molar-refractivity contribution is 6.33. The number of hydrogen-bond acceptors (Lipinski definition) is 6. The molecule has 2 aromatic carbocycles. The van der Waals surface area contributed by atoms with Crippen LogP contribution in [0.3, 0.4) is 0 Å². The molecule has 9 nitrogen and oxygen atoms in total. The predicted octanol–water partition coefficient (Wildman–Crippen LogP) is 6.28. The molecule has 2 heterocycles. The van der Waals surface area contributed by atoms with Crippen molar-refractivity contribution < 1.29 is 19.0 Å². The number of pyridine rings is 1. The SMILES string of the molecule is CCCNC(=O)Nc1ccc(Oc2cc(OCCCCn3ccnc3)nc3ccc(OC)cc23)cc1Cl. The first-order chi connectivity index (χ1) is 18.1. The molecule has 2 N–H and O–H groups in total. The van der Waals surface area contributed by atoms with Crippen LogP contribution >= 0.6 is 11.6 Å². The van der Waals surface area contributed by atoms with Gasteiger partial charge in [-0.2, -0.15) is 0 Å². The lowest BCUT2D eigenvalue weighted by molar-refractivity contribution is 0.252. The molecule has 4 aromatic rings. The molecule has 0 aliphatic heterocycles. The maximum absolute atomic E-state index is 12.0. The highest BCUT2D eigenvalue weighted by Crippen LogP contribution is 2.36. The first-order valence-electron chi connectivity index (χ1n) is 12.2. The first-order valence-corrected chi connectivity index (χ1v) is 12.5. The van der Waals surface area contributed by atoms with Crippen molar-refractivity contribution in [2.24, 2.45) is 0 Å². The summed E-state index contributed by atoms with van der Waals surface area (Å²) < 4.78 is 19.6. The van der Waals surface area contributed by atoms with Gasteiger partial charge in [-0.15, -0.1) is 0 Å². The Hall–Kier alpha value is -3.98. The van der Waals surface area contributed by atoms with Crippen molar-refractivity contribution in [1.29, 1.82) is 0 Å². The van der Waals surface area contributed by atoms with Crippen LogP contribution in [-0.2, 0) is 6.54 Å². The van der Waals surface area contributed by atoms with Crippen molar-refractivity contribution in [1.82, 2.24) is 19.9 Å². The van der Waals surface area contributed by atoms with Crippen molar-refractivity contribution >= 4 is 34.2 Å². The number of aryl methyl sites for hydroxylation is 1. The molecular formula is C27H30ClN5O4. The van der Waals surface area contributed by atoms with Gasteiger partial charge in [0.15, 0.2) is 0 Å². The number of imidazole rings is 1. The molecule has 2 amide bonds. The first kappa shape index (κ1) is 26.1. The molecule has 0 radical (unpaired) electrons. The van der Waals surface area contributed by atoms with Crippen molar-refractivity contribution in [2.75, 3.05) is 25.6 Å². The smallest absolute Gasteiger partial charge is 0.319 e. The molecule has 10 heteroatoms. The van der Waals surface area contributed by atoms with Gasteiger partial charge in [-0.25, -0.2) is 14.8 Å². The number of halogens is 1. The zero-order chi connectivity index (χ0) is 26.0. The second-order valence-corrected chi connectivity index (χ2v) is 8.73. The summed E-state index contributed by atoms with van der Waals surface area (Å²) in [5.41, 5.74) is 1.20. The number of carbonyl (C=O) groups is 1. The summed E-state index contributed by atoms with van der Waals surface area (Å²) in [6.07, 6.45) is 8.19. The van der Waals surface area contributed by atoms with E-state index in [2.05, 4.69) is 20.6 Å². The molecule has 0 unspecified atom stereocenters. The fraction of sp³-hybridized carbons (Fsp3) is 0.296. The minimum absolute atomic E-state index is 0.309. The van der Waals surface area contributed by atoms with Crippen molar-refractivity contribution in [3.05, 3.63) is 66.2 Å². The van der Waals surface area contributed by atoms with Gasteiger partial charge < -0.3 is 29.4 Å². The molecule has 0 aliphatic carbocycles. The Bertz CT molecular complexity index is 1330. The molecule has 0 atom stereocenters. The second kappa shape index (κ2) is 12.8. The molecule has 37 heavy (non-hydrogen) atoms. The van der Waals surface area contributed by atoms with Crippen LogP contribution in [0, 0.1) is 0 Å². The number of methoxy groups -OCH3 is 1. The second-order valence-electron chi connectivity index (χ2n) is 8.32. The Labute approximate surface area is 220 Å². The third-order valence-electron chi connectivity index (χ3n) is 5.53. The number of carbonyl (C=O) groups excluding carboxylic acids is 1. The van der Waals surface area contributed by atoms with Crippen molar-refractivity contribution in [3.63, 3.8) is 0 Å². The molecular weight excluding hydrogens is 494 g/mol. The number of amides is 2. The summed E-state index contributed by atoms with van der Waals surface area (Å²) in [4.78, 5) is 20.7. The fourth-order valence-electron chi connectivity index (χ4n) is 3.62. The van der Waals surface area contributed by atoms with Crippen LogP contribution in [0.1, 0.15) is 26.2 Å². The highest BCUT2D eigenvalue weighted by Gasteiger charge is 2.13. The summed E-state index contributed by atoms with van der Waals surface area (Å²) in [7, 11) is 1.61. The van der Waals surface area contributed by atoms with E-state index >= 15 is 0 Å². The van der Waals surface area contributed by atoms with Crippen molar-refractivity contribution in [3.8, 4) is 23.1 Å². The van der Waals surface area contributed by atoms with E-state index in [1.54, 1.807) is 43.9 Å². The number of aromatic nitrogens is 3. The number of rotatable bonds is 12. The molecule has 0 fully saturated rings. The summed E-state index contributed by atoms with van der Waals surface area (Å²) in [6, 6.07) is 12.1. The maximum Gasteiger partial charge on any atom is 0.319 e. The van der Waals surface area contributed by atoms with Crippen LogP contribution in [0.15, 0.2) is 61.2 Å². The minimum Gasteiger partial charge on any atom is -0.497 e. The number of anilines is 1. The number of urea groups is 1. The monoisotopic (exact) mass is 523 g/mol. The number of ether oxygens (including phenoxy) is 3. The quantitative estimate of drug-likeness (QED) is 0.212. The third-order valence-corrected chi connectivity index (χ3v) is 5.84. The highest BCUT2D eigenvalue weighted by atomic mass is 35.5. The van der Waals surface area contributed by atoms with Gasteiger partial charge >= 0.3 is 6.03 Å². The van der Waals surface area contributed by atoms with Gasteiger partial charge in [0.1, 0.15) is 17.2 Å². The van der Waals surface area contributed by atoms with Gasteiger partial charge in [-0.05, 0) is 49.6 Å². The largest absolute Gasteiger partial charge is 0.497 e. The van der Waals surface area contributed by atoms with Gasteiger partial charge in [0, 0.05) is 43.0 Å². The van der Waals surface area contributed by atoms with E-state index in [0.29, 0.717) is 52.5 Å². The number of fused-ring (bicyclic) bond motifs is 1. The van der Waals surface area contributed by atoms with Crippen LogP contribution in [0.2, 0.25) is 5.02 Å². The molecule has 0 bridgehead atoms. The van der Waals surface area contributed by atoms with Gasteiger partial charge in [0.05, 0.1) is 36.3 Å². The Morgan fingerprint density at radius 3 is 2.73 bits per heavy atom. The van der Waals surface area contributed by atoms with Gasteiger partial charge in [0.25, 0.3) is 0 Å². The summed E-state index contributed by atoms with van der Waals surface area (Å²) in [5.74, 6) is 2.20. The summed E-state index contributed by atoms with van der Waals surface area (Å²) in [5, 5.41) is 6.62. The molecule has 0 saturated carbocycles. The third kappa shape index (κ3) is 7.27. The Morgan fingerprint density at radius 1 is 1.11 bits per heavy atom. The molecule has 0 saturated heterocycles. The average molecular weight is 524 g/mol. The summed E-state index contributed by atoms with van der Waals surface area (Å²) in [6.45, 7) is 3.97. The van der Waals surface area contributed by atoms with Gasteiger partial charge in [-0.3, -0.25) is 0 Å². The number of benzene rings is 2. The van der Waals surface area contributed by atoms with Crippen molar-refractivity contribution in [2.45, 2.75) is 32.7 Å². The topological polar surface area (TPSA) is 99.5 Å². The lowest BCUT2D eigenvalue weighted by Crippen LogP contribution is -2.29. The standard InChI is InChI=1S/C27H30ClN5O4/c1-3-10-30-27(34)32-24-9-7-20(16-22(24)28)37-25-17-26(31-23-8-6-19(35-2)15-21(23)25)36-14-5-4-12-33-13-11-29-18-33/h6-9,11,13,15-18H,3-5,10,12,14H2,1-2H3,(H2,30,32,34). The van der Waals surface area contributed by atoms with E-state index in [-0.39, 0.29) is 6.03 Å². The van der Waals surface area contributed by atoms with E-state index in [1.165, 1.54) is 0 Å². The lowest BCUT2D eigenvalue weighted by atomic mass is 10.2. The van der Waals surface area contributed by atoms with Gasteiger partial charge in [0.2, 0.25) is 5.88 Å². The Kier molecular flexibility index (Phi) is 9.04. The number of hydrogen-bond donors (Lipinski definition) is 2. The minimum atomic E-state index is -0.309. The number of unbranched alkanes of at least 4 members (excludes halogenated alkanes) is 1. The zero-order valence-corrected chi connectivity index (χ0v) is 21.6. The molecule has 194 valence electrons. The zero-order valence-electron chi connectivity index (χ0n) is 20.9. The lowest BCUT2D eigenvalue weighted by Gasteiger charge is -2.14. The van der Waals surface area contributed by atoms with E-state index in [0.717, 1.165) is 31.2 Å². The van der Waals surface area contributed by atoms with E-state index in [1.807, 2.05) is 35.9 Å². The van der Waals surface area contributed by atoms with Crippen LogP contribution in [0.4, 0.5) is 10.5 Å². The van der Waals surface area contributed by atoms with Crippen LogP contribution in [0.5, 0.6) is 23.1 Å². The van der Waals surface area contributed by atoms with Crippen LogP contribution in [-0.4, -0.2) is 40.8 Å². The fourth-order valence-corrected chi connectivity index (χ4v) is 3.84. The van der Waals surface area contributed by atoms with E-state index in [9.17, 15) is 4.79 Å². The number of nitrogens with zero attached hydrogens (tertiary/aromatic N) is 3.